The monoisotopic (exact) mass is 381 g/mol. The van der Waals surface area contributed by atoms with Crippen LogP contribution < -0.4 is 10.1 Å². The van der Waals surface area contributed by atoms with Gasteiger partial charge in [-0.25, -0.2) is 13.8 Å². The maximum Gasteiger partial charge on any atom is 0.244 e. The molecule has 0 saturated heterocycles. The Morgan fingerprint density at radius 3 is 2.61 bits per heavy atom. The Kier molecular flexibility index (Phi) is 6.06. The summed E-state index contributed by atoms with van der Waals surface area (Å²) in [6, 6.07) is 10.3. The normalized spacial score (nSPS) is 12.0. The van der Waals surface area contributed by atoms with Gasteiger partial charge in [0.25, 0.3) is 0 Å². The molecule has 0 radical (unpaired) electrons. The standard InChI is InChI=1S/C21H17F2N3O2/c1-14(26-20(27)9-8-17-18(22)6-3-7-19(17)23)15-4-2-5-16(12-15)28-21-13-24-10-11-25-21/h2-14H,1H3,(H,26,27)/b9-8+/t14-/m0/s1. The van der Waals surface area contributed by atoms with E-state index in [1.54, 1.807) is 31.3 Å². The number of nitrogens with one attached hydrogen (secondary N) is 1. The summed E-state index contributed by atoms with van der Waals surface area (Å²) in [5.41, 5.74) is 0.532. The summed E-state index contributed by atoms with van der Waals surface area (Å²) < 4.78 is 32.8. The molecule has 0 aliphatic carbocycles. The van der Waals surface area contributed by atoms with E-state index in [4.69, 9.17) is 4.74 Å². The van der Waals surface area contributed by atoms with Crippen LogP contribution in [0.25, 0.3) is 6.08 Å². The highest BCUT2D eigenvalue weighted by Crippen LogP contribution is 2.23. The van der Waals surface area contributed by atoms with Crippen molar-refractivity contribution in [2.24, 2.45) is 0 Å². The SMILES string of the molecule is C[C@H](NC(=O)/C=C/c1c(F)cccc1F)c1cccc(Oc2cnccn2)c1. The van der Waals surface area contributed by atoms with Crippen molar-refractivity contribution in [1.82, 2.24) is 15.3 Å². The van der Waals surface area contributed by atoms with E-state index >= 15 is 0 Å². The van der Waals surface area contributed by atoms with Crippen molar-refractivity contribution in [3.05, 3.63) is 89.9 Å². The van der Waals surface area contributed by atoms with Gasteiger partial charge >= 0.3 is 0 Å². The number of ether oxygens (including phenoxy) is 1. The second-order valence-electron chi connectivity index (χ2n) is 5.92. The number of nitrogens with zero attached hydrogens (tertiary/aromatic N) is 2. The molecule has 142 valence electrons. The van der Waals surface area contributed by atoms with Gasteiger partial charge in [-0.3, -0.25) is 9.78 Å². The van der Waals surface area contributed by atoms with Gasteiger partial charge in [0, 0.05) is 24.0 Å². The first-order chi connectivity index (χ1) is 13.5. The van der Waals surface area contributed by atoms with Crippen LogP contribution in [0.3, 0.4) is 0 Å². The van der Waals surface area contributed by atoms with Crippen LogP contribution in [0.5, 0.6) is 11.6 Å². The molecule has 1 heterocycles. The molecule has 0 spiro atoms. The number of hydrogen-bond donors (Lipinski definition) is 1. The summed E-state index contributed by atoms with van der Waals surface area (Å²) in [4.78, 5) is 20.1. The van der Waals surface area contributed by atoms with Crippen molar-refractivity contribution in [2.45, 2.75) is 13.0 Å². The van der Waals surface area contributed by atoms with Crippen LogP contribution in [0.4, 0.5) is 8.78 Å². The third-order valence-electron chi connectivity index (χ3n) is 3.88. The summed E-state index contributed by atoms with van der Waals surface area (Å²) in [5, 5.41) is 2.74. The molecular formula is C21H17F2N3O2. The predicted molar refractivity (Wildman–Crippen MR) is 100 cm³/mol. The zero-order valence-corrected chi connectivity index (χ0v) is 15.0. The van der Waals surface area contributed by atoms with Crippen molar-refractivity contribution < 1.29 is 18.3 Å². The van der Waals surface area contributed by atoms with Gasteiger partial charge in [-0.15, -0.1) is 0 Å². The van der Waals surface area contributed by atoms with Crippen molar-refractivity contribution >= 4 is 12.0 Å². The number of benzene rings is 2. The van der Waals surface area contributed by atoms with E-state index in [0.717, 1.165) is 29.8 Å². The second-order valence-corrected chi connectivity index (χ2v) is 5.92. The quantitative estimate of drug-likeness (QED) is 0.641. The van der Waals surface area contributed by atoms with Crippen LogP contribution in [0.1, 0.15) is 24.1 Å². The van der Waals surface area contributed by atoms with Crippen molar-refractivity contribution in [3.63, 3.8) is 0 Å². The van der Waals surface area contributed by atoms with Gasteiger partial charge in [-0.2, -0.15) is 0 Å². The third kappa shape index (κ3) is 4.97. The molecule has 0 aliphatic rings. The lowest BCUT2D eigenvalue weighted by Gasteiger charge is -2.14. The Morgan fingerprint density at radius 1 is 1.14 bits per heavy atom. The van der Waals surface area contributed by atoms with Gasteiger partial charge in [-0.1, -0.05) is 18.2 Å². The second kappa shape index (κ2) is 8.85. The van der Waals surface area contributed by atoms with Gasteiger partial charge in [0.15, 0.2) is 0 Å². The molecule has 3 aromatic rings. The van der Waals surface area contributed by atoms with Crippen LogP contribution in [-0.4, -0.2) is 15.9 Å². The molecule has 1 atom stereocenters. The molecule has 1 N–H and O–H groups in total. The average molecular weight is 381 g/mol. The Labute approximate surface area is 160 Å². The van der Waals surface area contributed by atoms with Crippen LogP contribution >= 0.6 is 0 Å². The van der Waals surface area contributed by atoms with Crippen LogP contribution in [0.2, 0.25) is 0 Å². The Hall–Kier alpha value is -3.61. The first-order valence-electron chi connectivity index (χ1n) is 8.49. The number of carbonyl (C=O) groups excluding carboxylic acids is 1. The smallest absolute Gasteiger partial charge is 0.244 e. The van der Waals surface area contributed by atoms with Gasteiger partial charge in [0.1, 0.15) is 17.4 Å². The third-order valence-corrected chi connectivity index (χ3v) is 3.88. The number of halogens is 2. The minimum Gasteiger partial charge on any atom is -0.437 e. The highest BCUT2D eigenvalue weighted by atomic mass is 19.1. The molecule has 1 amide bonds. The molecule has 0 saturated carbocycles. The first kappa shape index (κ1) is 19.2. The number of hydrogen-bond acceptors (Lipinski definition) is 4. The van der Waals surface area contributed by atoms with Crippen LogP contribution in [0.15, 0.2) is 67.1 Å². The van der Waals surface area contributed by atoms with Crippen LogP contribution in [-0.2, 0) is 4.79 Å². The first-order valence-corrected chi connectivity index (χ1v) is 8.49. The molecular weight excluding hydrogens is 364 g/mol. The maximum absolute atomic E-state index is 13.6. The number of carbonyl (C=O) groups is 1. The van der Waals surface area contributed by atoms with E-state index in [1.807, 2.05) is 6.07 Å². The van der Waals surface area contributed by atoms with E-state index in [0.29, 0.717) is 11.6 Å². The van der Waals surface area contributed by atoms with Gasteiger partial charge in [0.2, 0.25) is 11.8 Å². The number of amides is 1. The zero-order valence-electron chi connectivity index (χ0n) is 15.0. The number of rotatable bonds is 6. The van der Waals surface area contributed by atoms with Crippen molar-refractivity contribution in [3.8, 4) is 11.6 Å². The molecule has 0 aliphatic heterocycles. The Bertz CT molecular complexity index is 974. The minimum absolute atomic E-state index is 0.260. The molecule has 1 aromatic heterocycles. The minimum atomic E-state index is -0.731. The van der Waals surface area contributed by atoms with Crippen molar-refractivity contribution in [2.75, 3.05) is 0 Å². The molecule has 2 aromatic carbocycles. The molecule has 0 bridgehead atoms. The van der Waals surface area contributed by atoms with E-state index in [2.05, 4.69) is 15.3 Å². The average Bonchev–Trinajstić information content (AvgIpc) is 2.68. The van der Waals surface area contributed by atoms with E-state index in [-0.39, 0.29) is 11.6 Å². The van der Waals surface area contributed by atoms with Crippen molar-refractivity contribution in [1.29, 1.82) is 0 Å². The molecule has 0 fully saturated rings. The zero-order chi connectivity index (χ0) is 19.9. The van der Waals surface area contributed by atoms with Crippen LogP contribution in [0, 0.1) is 11.6 Å². The summed E-state index contributed by atoms with van der Waals surface area (Å²) in [6.07, 6.45) is 6.76. The Morgan fingerprint density at radius 2 is 1.89 bits per heavy atom. The van der Waals surface area contributed by atoms with Gasteiger partial charge in [-0.05, 0) is 42.8 Å². The topological polar surface area (TPSA) is 64.1 Å². The summed E-state index contributed by atoms with van der Waals surface area (Å²) >= 11 is 0. The van der Waals surface area contributed by atoms with Gasteiger partial charge in [0.05, 0.1) is 12.2 Å². The Balaban J connectivity index is 1.65. The lowest BCUT2D eigenvalue weighted by molar-refractivity contribution is -0.117. The lowest BCUT2D eigenvalue weighted by atomic mass is 10.1. The summed E-state index contributed by atoms with van der Waals surface area (Å²) in [5.74, 6) is -1.04. The summed E-state index contributed by atoms with van der Waals surface area (Å²) in [7, 11) is 0. The lowest BCUT2D eigenvalue weighted by Crippen LogP contribution is -2.24. The molecule has 7 heteroatoms. The largest absolute Gasteiger partial charge is 0.437 e. The van der Waals surface area contributed by atoms with E-state index in [9.17, 15) is 13.6 Å². The fraction of sp³-hybridized carbons (Fsp3) is 0.0952. The molecule has 3 rings (SSSR count). The fourth-order valence-electron chi connectivity index (χ4n) is 2.48. The summed E-state index contributed by atoms with van der Waals surface area (Å²) in [6.45, 7) is 1.79. The molecule has 0 unspecified atom stereocenters. The van der Waals surface area contributed by atoms with E-state index in [1.165, 1.54) is 18.5 Å². The number of aromatic nitrogens is 2. The highest BCUT2D eigenvalue weighted by molar-refractivity contribution is 5.92. The molecule has 28 heavy (non-hydrogen) atoms. The van der Waals surface area contributed by atoms with E-state index < -0.39 is 17.5 Å². The molecule has 5 nitrogen and oxygen atoms in total. The van der Waals surface area contributed by atoms with Gasteiger partial charge < -0.3 is 10.1 Å². The fourth-order valence-corrected chi connectivity index (χ4v) is 2.48. The predicted octanol–water partition coefficient (Wildman–Crippen LogP) is 4.44. The maximum atomic E-state index is 13.6. The highest BCUT2D eigenvalue weighted by Gasteiger charge is 2.10.